The van der Waals surface area contributed by atoms with Gasteiger partial charge in [0.25, 0.3) is 0 Å². The zero-order chi connectivity index (χ0) is 12.4. The van der Waals surface area contributed by atoms with Gasteiger partial charge in [-0.15, -0.1) is 0 Å². The van der Waals surface area contributed by atoms with Gasteiger partial charge in [-0.3, -0.25) is 4.79 Å². The molecule has 0 bridgehead atoms. The highest BCUT2D eigenvalue weighted by Gasteiger charge is 2.43. The molecule has 1 amide bonds. The topological polar surface area (TPSA) is 41.1 Å². The van der Waals surface area contributed by atoms with Gasteiger partial charge in [0.2, 0.25) is 5.91 Å². The highest BCUT2D eigenvalue weighted by molar-refractivity contribution is 5.83. The molecule has 1 rings (SSSR count). The first kappa shape index (κ1) is 13.5. The summed E-state index contributed by atoms with van der Waals surface area (Å²) in [5, 5.41) is 6.42. The van der Waals surface area contributed by atoms with Crippen LogP contribution in [0.2, 0.25) is 0 Å². The van der Waals surface area contributed by atoms with Crippen molar-refractivity contribution in [3.8, 4) is 0 Å². The van der Waals surface area contributed by atoms with E-state index in [1.165, 1.54) is 0 Å². The summed E-state index contributed by atoms with van der Waals surface area (Å²) in [6.45, 7) is 13.2. The predicted molar refractivity (Wildman–Crippen MR) is 67.2 cm³/mol. The molecule has 0 aromatic heterocycles. The number of carbonyl (C=O) groups excluding carboxylic acids is 1. The molecular weight excluding hydrogens is 200 g/mol. The van der Waals surface area contributed by atoms with Crippen LogP contribution in [0.4, 0.5) is 0 Å². The molecule has 1 heterocycles. The van der Waals surface area contributed by atoms with Crippen LogP contribution >= 0.6 is 0 Å². The summed E-state index contributed by atoms with van der Waals surface area (Å²) in [6.07, 6.45) is 0.959. The largest absolute Gasteiger partial charge is 0.355 e. The van der Waals surface area contributed by atoms with Gasteiger partial charge in [-0.2, -0.15) is 0 Å². The van der Waals surface area contributed by atoms with Crippen LogP contribution in [0.3, 0.4) is 0 Å². The van der Waals surface area contributed by atoms with E-state index in [4.69, 9.17) is 0 Å². The van der Waals surface area contributed by atoms with Crippen LogP contribution in [0.15, 0.2) is 0 Å². The molecule has 1 saturated heterocycles. The van der Waals surface area contributed by atoms with Crippen molar-refractivity contribution in [3.63, 3.8) is 0 Å². The maximum Gasteiger partial charge on any atom is 0.227 e. The molecule has 94 valence electrons. The minimum atomic E-state index is -0.189. The summed E-state index contributed by atoms with van der Waals surface area (Å²) in [4.78, 5) is 12.3. The third kappa shape index (κ3) is 2.97. The first-order valence-corrected chi connectivity index (χ1v) is 6.27. The number of hydrogen-bond acceptors (Lipinski definition) is 2. The summed E-state index contributed by atoms with van der Waals surface area (Å²) in [5.74, 6) is 0.616. The van der Waals surface area contributed by atoms with Crippen LogP contribution in [-0.2, 0) is 4.79 Å². The Balaban J connectivity index is 2.63. The Labute approximate surface area is 99.4 Å². The number of hydrogen-bond donors (Lipinski definition) is 2. The molecule has 1 aliphatic rings. The van der Waals surface area contributed by atoms with Crippen molar-refractivity contribution >= 4 is 5.91 Å². The van der Waals surface area contributed by atoms with Gasteiger partial charge in [0.05, 0.1) is 5.41 Å². The Kier molecular flexibility index (Phi) is 4.00. The minimum absolute atomic E-state index is 0.153. The fourth-order valence-corrected chi connectivity index (χ4v) is 2.18. The molecule has 0 aromatic rings. The van der Waals surface area contributed by atoms with Gasteiger partial charge in [0, 0.05) is 13.1 Å². The van der Waals surface area contributed by atoms with E-state index in [-0.39, 0.29) is 16.7 Å². The lowest BCUT2D eigenvalue weighted by Gasteiger charge is -2.32. The van der Waals surface area contributed by atoms with Gasteiger partial charge < -0.3 is 10.6 Å². The van der Waals surface area contributed by atoms with Crippen LogP contribution in [0, 0.1) is 16.7 Å². The van der Waals surface area contributed by atoms with Crippen LogP contribution in [-0.4, -0.2) is 25.5 Å². The van der Waals surface area contributed by atoms with Gasteiger partial charge in [0.1, 0.15) is 0 Å². The van der Waals surface area contributed by atoms with Gasteiger partial charge in [-0.25, -0.2) is 0 Å². The Morgan fingerprint density at radius 1 is 1.44 bits per heavy atom. The van der Waals surface area contributed by atoms with E-state index in [1.807, 2.05) is 0 Å². The fourth-order valence-electron chi connectivity index (χ4n) is 2.18. The van der Waals surface area contributed by atoms with Crippen molar-refractivity contribution < 1.29 is 4.79 Å². The highest BCUT2D eigenvalue weighted by atomic mass is 16.2. The average molecular weight is 226 g/mol. The first-order valence-electron chi connectivity index (χ1n) is 6.27. The molecule has 0 aromatic carbocycles. The molecule has 2 N–H and O–H groups in total. The molecule has 3 heteroatoms. The second kappa shape index (κ2) is 4.74. The molecule has 1 aliphatic heterocycles. The molecule has 0 saturated carbocycles. The molecule has 1 fully saturated rings. The van der Waals surface area contributed by atoms with E-state index in [9.17, 15) is 4.79 Å². The summed E-state index contributed by atoms with van der Waals surface area (Å²) < 4.78 is 0. The summed E-state index contributed by atoms with van der Waals surface area (Å²) in [7, 11) is 0. The van der Waals surface area contributed by atoms with E-state index < -0.39 is 0 Å². The molecular formula is C13H26N2O. The fraction of sp³-hybridized carbons (Fsp3) is 0.923. The molecule has 0 aliphatic carbocycles. The standard InChI is InChI=1S/C13H26N2O/c1-10(2)13(6-7-14-9-13)11(16)15-8-12(3,4)5/h10,14H,6-9H2,1-5H3,(H,15,16). The first-order chi connectivity index (χ1) is 7.28. The van der Waals surface area contributed by atoms with Crippen molar-refractivity contribution in [3.05, 3.63) is 0 Å². The summed E-state index contributed by atoms with van der Waals surface area (Å²) in [6, 6.07) is 0. The zero-order valence-corrected chi connectivity index (χ0v) is 11.3. The molecule has 16 heavy (non-hydrogen) atoms. The van der Waals surface area contributed by atoms with Crippen LogP contribution in [0.1, 0.15) is 41.0 Å². The second-order valence-corrected chi connectivity index (χ2v) is 6.48. The number of carbonyl (C=O) groups is 1. The SMILES string of the molecule is CC(C)C1(C(=O)NCC(C)(C)C)CCNC1. The molecule has 0 spiro atoms. The average Bonchev–Trinajstić information content (AvgIpc) is 2.62. The van der Waals surface area contributed by atoms with Crippen molar-refractivity contribution in [2.75, 3.05) is 19.6 Å². The zero-order valence-electron chi connectivity index (χ0n) is 11.3. The van der Waals surface area contributed by atoms with E-state index in [0.717, 1.165) is 26.1 Å². The van der Waals surface area contributed by atoms with Crippen LogP contribution in [0.25, 0.3) is 0 Å². The monoisotopic (exact) mass is 226 g/mol. The summed E-state index contributed by atoms with van der Waals surface area (Å²) in [5.41, 5.74) is -0.0366. The predicted octanol–water partition coefficient (Wildman–Crippen LogP) is 1.78. The van der Waals surface area contributed by atoms with E-state index >= 15 is 0 Å². The van der Waals surface area contributed by atoms with E-state index in [2.05, 4.69) is 45.3 Å². The number of rotatable bonds is 3. The third-order valence-corrected chi connectivity index (χ3v) is 3.52. The third-order valence-electron chi connectivity index (χ3n) is 3.52. The molecule has 3 nitrogen and oxygen atoms in total. The minimum Gasteiger partial charge on any atom is -0.355 e. The summed E-state index contributed by atoms with van der Waals surface area (Å²) >= 11 is 0. The maximum absolute atomic E-state index is 12.3. The lowest BCUT2D eigenvalue weighted by atomic mass is 9.75. The van der Waals surface area contributed by atoms with Crippen LogP contribution < -0.4 is 10.6 Å². The smallest absolute Gasteiger partial charge is 0.227 e. The molecule has 1 atom stereocenters. The molecule has 0 radical (unpaired) electrons. The number of nitrogens with one attached hydrogen (secondary N) is 2. The van der Waals surface area contributed by atoms with Crippen molar-refractivity contribution in [2.24, 2.45) is 16.7 Å². The lowest BCUT2D eigenvalue weighted by Crippen LogP contribution is -2.48. The Bertz CT molecular complexity index is 247. The Hall–Kier alpha value is -0.570. The van der Waals surface area contributed by atoms with Gasteiger partial charge in [-0.05, 0) is 24.3 Å². The second-order valence-electron chi connectivity index (χ2n) is 6.48. The van der Waals surface area contributed by atoms with Gasteiger partial charge in [0.15, 0.2) is 0 Å². The quantitative estimate of drug-likeness (QED) is 0.770. The van der Waals surface area contributed by atoms with Crippen molar-refractivity contribution in [1.29, 1.82) is 0 Å². The molecule has 1 unspecified atom stereocenters. The van der Waals surface area contributed by atoms with Gasteiger partial charge >= 0.3 is 0 Å². The lowest BCUT2D eigenvalue weighted by molar-refractivity contribution is -0.132. The highest BCUT2D eigenvalue weighted by Crippen LogP contribution is 2.34. The Morgan fingerprint density at radius 2 is 2.06 bits per heavy atom. The maximum atomic E-state index is 12.3. The van der Waals surface area contributed by atoms with Crippen molar-refractivity contribution in [2.45, 2.75) is 41.0 Å². The normalized spacial score (nSPS) is 26.1. The van der Waals surface area contributed by atoms with Crippen molar-refractivity contribution in [1.82, 2.24) is 10.6 Å². The van der Waals surface area contributed by atoms with Gasteiger partial charge in [-0.1, -0.05) is 34.6 Å². The van der Waals surface area contributed by atoms with E-state index in [1.54, 1.807) is 0 Å². The number of amides is 1. The Morgan fingerprint density at radius 3 is 2.44 bits per heavy atom. The van der Waals surface area contributed by atoms with E-state index in [0.29, 0.717) is 5.92 Å². The van der Waals surface area contributed by atoms with Crippen LogP contribution in [0.5, 0.6) is 0 Å².